The molecule has 5 heteroatoms. The summed E-state index contributed by atoms with van der Waals surface area (Å²) in [7, 11) is 0. The van der Waals surface area contributed by atoms with Gasteiger partial charge in [0.25, 0.3) is 0 Å². The molecule has 0 bridgehead atoms. The molecule has 1 aromatic heterocycles. The van der Waals surface area contributed by atoms with Crippen molar-refractivity contribution in [3.05, 3.63) is 28.0 Å². The van der Waals surface area contributed by atoms with Gasteiger partial charge in [-0.05, 0) is 12.6 Å². The maximum Gasteiger partial charge on any atom is 0.130 e. The van der Waals surface area contributed by atoms with Gasteiger partial charge in [-0.3, -0.25) is 4.90 Å². The van der Waals surface area contributed by atoms with Gasteiger partial charge in [0.05, 0.1) is 0 Å². The predicted octanol–water partition coefficient (Wildman–Crippen LogP) is 2.18. The van der Waals surface area contributed by atoms with Gasteiger partial charge < -0.3 is 5.32 Å². The van der Waals surface area contributed by atoms with Crippen LogP contribution in [0.25, 0.3) is 0 Å². The van der Waals surface area contributed by atoms with Crippen molar-refractivity contribution >= 4 is 23.2 Å². The summed E-state index contributed by atoms with van der Waals surface area (Å²) in [5, 5.41) is 4.42. The summed E-state index contributed by atoms with van der Waals surface area (Å²) in [5.41, 5.74) is 1.04. The minimum Gasteiger partial charge on any atom is -0.314 e. The summed E-state index contributed by atoms with van der Waals surface area (Å²) in [4.78, 5) is 6.47. The highest BCUT2D eigenvalue weighted by Gasteiger charge is 2.23. The standard InChI is InChI=1S/C11H15Cl2N3/c1-2-16(9-5-14-6-9)7-8-4-15-11(13)3-10(8)12/h3-4,9,14H,2,5-7H2,1H3. The Morgan fingerprint density at radius 3 is 2.75 bits per heavy atom. The van der Waals surface area contributed by atoms with Gasteiger partial charge in [0.15, 0.2) is 0 Å². The molecule has 16 heavy (non-hydrogen) atoms. The van der Waals surface area contributed by atoms with Crippen LogP contribution in [0.4, 0.5) is 0 Å². The highest BCUT2D eigenvalue weighted by Crippen LogP contribution is 2.21. The Labute approximate surface area is 106 Å². The average Bonchev–Trinajstić information content (AvgIpc) is 2.18. The first-order valence-corrected chi connectivity index (χ1v) is 6.21. The van der Waals surface area contributed by atoms with Gasteiger partial charge in [0.2, 0.25) is 0 Å². The minimum atomic E-state index is 0.446. The Kier molecular flexibility index (Phi) is 4.03. The molecule has 0 aliphatic carbocycles. The zero-order chi connectivity index (χ0) is 11.5. The molecule has 1 N–H and O–H groups in total. The normalized spacial score (nSPS) is 16.5. The number of likely N-dealkylation sites (N-methyl/N-ethyl adjacent to an activating group) is 1. The van der Waals surface area contributed by atoms with E-state index in [0.717, 1.165) is 31.7 Å². The predicted molar refractivity (Wildman–Crippen MR) is 67.0 cm³/mol. The van der Waals surface area contributed by atoms with Crippen LogP contribution in [-0.2, 0) is 6.54 Å². The quantitative estimate of drug-likeness (QED) is 0.841. The second-order valence-corrected chi connectivity index (χ2v) is 4.77. The van der Waals surface area contributed by atoms with Crippen molar-refractivity contribution in [3.8, 4) is 0 Å². The second-order valence-electron chi connectivity index (χ2n) is 3.97. The lowest BCUT2D eigenvalue weighted by Gasteiger charge is -2.37. The van der Waals surface area contributed by atoms with Crippen LogP contribution < -0.4 is 5.32 Å². The van der Waals surface area contributed by atoms with Gasteiger partial charge in [-0.2, -0.15) is 0 Å². The van der Waals surface area contributed by atoms with E-state index in [2.05, 4.69) is 22.1 Å². The van der Waals surface area contributed by atoms with Crippen molar-refractivity contribution in [1.29, 1.82) is 0 Å². The summed E-state index contributed by atoms with van der Waals surface area (Å²) in [5.74, 6) is 0. The molecule has 3 nitrogen and oxygen atoms in total. The molecule has 0 spiro atoms. The molecule has 0 radical (unpaired) electrons. The van der Waals surface area contributed by atoms with Crippen LogP contribution in [0.15, 0.2) is 12.3 Å². The van der Waals surface area contributed by atoms with Crippen LogP contribution in [0.2, 0.25) is 10.2 Å². The molecule has 2 heterocycles. The topological polar surface area (TPSA) is 28.2 Å². The molecule has 2 rings (SSSR count). The zero-order valence-electron chi connectivity index (χ0n) is 9.21. The first-order valence-electron chi connectivity index (χ1n) is 5.45. The van der Waals surface area contributed by atoms with Gasteiger partial charge in [-0.1, -0.05) is 30.1 Å². The zero-order valence-corrected chi connectivity index (χ0v) is 10.7. The number of hydrogen-bond acceptors (Lipinski definition) is 3. The monoisotopic (exact) mass is 259 g/mol. The summed E-state index contributed by atoms with van der Waals surface area (Å²) >= 11 is 11.9. The lowest BCUT2D eigenvalue weighted by atomic mass is 10.1. The van der Waals surface area contributed by atoms with Crippen LogP contribution in [-0.4, -0.2) is 35.6 Å². The fourth-order valence-electron chi connectivity index (χ4n) is 1.80. The molecule has 1 fully saturated rings. The van der Waals surface area contributed by atoms with E-state index in [4.69, 9.17) is 23.2 Å². The number of hydrogen-bond donors (Lipinski definition) is 1. The molecule has 0 unspecified atom stereocenters. The van der Waals surface area contributed by atoms with Gasteiger partial charge in [0.1, 0.15) is 5.15 Å². The van der Waals surface area contributed by atoms with Gasteiger partial charge >= 0.3 is 0 Å². The highest BCUT2D eigenvalue weighted by molar-refractivity contribution is 6.34. The molecular weight excluding hydrogens is 245 g/mol. The first kappa shape index (κ1) is 12.1. The van der Waals surface area contributed by atoms with Crippen molar-refractivity contribution in [2.45, 2.75) is 19.5 Å². The van der Waals surface area contributed by atoms with Crippen molar-refractivity contribution < 1.29 is 0 Å². The third-order valence-electron chi connectivity index (χ3n) is 2.95. The Hall–Kier alpha value is -0.350. The molecule has 1 aliphatic heterocycles. The van der Waals surface area contributed by atoms with E-state index >= 15 is 0 Å². The second kappa shape index (κ2) is 5.32. The maximum atomic E-state index is 6.13. The van der Waals surface area contributed by atoms with Crippen LogP contribution in [0.5, 0.6) is 0 Å². The number of aromatic nitrogens is 1. The van der Waals surface area contributed by atoms with Crippen molar-refractivity contribution in [2.75, 3.05) is 19.6 Å². The first-order chi connectivity index (χ1) is 7.70. The Morgan fingerprint density at radius 1 is 1.50 bits per heavy atom. The third-order valence-corrected chi connectivity index (χ3v) is 3.51. The van der Waals surface area contributed by atoms with E-state index in [-0.39, 0.29) is 0 Å². The van der Waals surface area contributed by atoms with Crippen molar-refractivity contribution in [1.82, 2.24) is 15.2 Å². The van der Waals surface area contributed by atoms with E-state index in [0.29, 0.717) is 16.2 Å². The lowest BCUT2D eigenvalue weighted by molar-refractivity contribution is 0.145. The fraction of sp³-hybridized carbons (Fsp3) is 0.545. The maximum absolute atomic E-state index is 6.13. The van der Waals surface area contributed by atoms with E-state index in [9.17, 15) is 0 Å². The number of nitrogens with zero attached hydrogens (tertiary/aromatic N) is 2. The van der Waals surface area contributed by atoms with Crippen LogP contribution in [0, 0.1) is 0 Å². The fourth-order valence-corrected chi connectivity index (χ4v) is 2.23. The molecule has 88 valence electrons. The van der Waals surface area contributed by atoms with Gasteiger partial charge in [0, 0.05) is 42.5 Å². The minimum absolute atomic E-state index is 0.446. The Morgan fingerprint density at radius 2 is 2.25 bits per heavy atom. The van der Waals surface area contributed by atoms with Crippen molar-refractivity contribution in [3.63, 3.8) is 0 Å². The molecule has 0 amide bonds. The summed E-state index contributed by atoms with van der Waals surface area (Å²) < 4.78 is 0. The Balaban J connectivity index is 2.06. The average molecular weight is 260 g/mol. The highest BCUT2D eigenvalue weighted by atomic mass is 35.5. The van der Waals surface area contributed by atoms with E-state index in [1.54, 1.807) is 12.3 Å². The molecule has 1 saturated heterocycles. The summed E-state index contributed by atoms with van der Waals surface area (Å²) in [6.07, 6.45) is 1.76. The molecule has 1 aliphatic rings. The Bertz CT molecular complexity index is 366. The number of rotatable bonds is 4. The van der Waals surface area contributed by atoms with Crippen molar-refractivity contribution in [2.24, 2.45) is 0 Å². The molecule has 0 saturated carbocycles. The van der Waals surface area contributed by atoms with Crippen LogP contribution in [0.1, 0.15) is 12.5 Å². The number of pyridine rings is 1. The molecule has 0 aromatic carbocycles. The molecule has 1 aromatic rings. The summed E-state index contributed by atoms with van der Waals surface area (Å²) in [6.45, 7) is 6.14. The van der Waals surface area contributed by atoms with E-state index in [1.807, 2.05) is 0 Å². The van der Waals surface area contributed by atoms with E-state index in [1.165, 1.54) is 0 Å². The molecular formula is C11H15Cl2N3. The largest absolute Gasteiger partial charge is 0.314 e. The third kappa shape index (κ3) is 2.66. The van der Waals surface area contributed by atoms with Crippen LogP contribution >= 0.6 is 23.2 Å². The SMILES string of the molecule is CCN(Cc1cnc(Cl)cc1Cl)C1CNC1. The number of halogens is 2. The van der Waals surface area contributed by atoms with E-state index < -0.39 is 0 Å². The molecule has 0 atom stereocenters. The van der Waals surface area contributed by atoms with Gasteiger partial charge in [-0.15, -0.1) is 0 Å². The van der Waals surface area contributed by atoms with Gasteiger partial charge in [-0.25, -0.2) is 4.98 Å². The smallest absolute Gasteiger partial charge is 0.130 e. The lowest BCUT2D eigenvalue weighted by Crippen LogP contribution is -2.56. The van der Waals surface area contributed by atoms with Crippen LogP contribution in [0.3, 0.4) is 0 Å². The number of nitrogens with one attached hydrogen (secondary N) is 1. The summed E-state index contributed by atoms with van der Waals surface area (Å²) in [6, 6.07) is 2.32.